The number of tetrazole rings is 1. The number of nitrogens with one attached hydrogen (secondary N) is 3. The molecule has 1 fully saturated rings. The summed E-state index contributed by atoms with van der Waals surface area (Å²) in [6.45, 7) is 0.758. The number of halogens is 2. The van der Waals surface area contributed by atoms with Gasteiger partial charge in [0.25, 0.3) is 0 Å². The van der Waals surface area contributed by atoms with E-state index in [0.29, 0.717) is 25.1 Å². The van der Waals surface area contributed by atoms with Gasteiger partial charge in [0.2, 0.25) is 11.8 Å². The SMILES string of the molecule is O=C(/C=C/c1c(-n2cnnn2)ccc(Cl)c1F)Nc1c(NC(=O)CCc2ccc(NC(=O)N3CC[C@@H](O)C3)cc2)cccc1C(=O)O. The first kappa shape index (κ1) is 32.7. The fraction of sp³-hybridized carbons (Fsp3) is 0.194. The highest BCUT2D eigenvalue weighted by Crippen LogP contribution is 2.28. The Kier molecular flexibility index (Phi) is 10.2. The summed E-state index contributed by atoms with van der Waals surface area (Å²) in [6.07, 6.45) is 3.73. The van der Waals surface area contributed by atoms with Crippen molar-refractivity contribution in [3.63, 3.8) is 0 Å². The van der Waals surface area contributed by atoms with Gasteiger partial charge < -0.3 is 31.1 Å². The Morgan fingerprint density at radius 3 is 2.51 bits per heavy atom. The molecule has 16 heteroatoms. The van der Waals surface area contributed by atoms with Gasteiger partial charge in [-0.3, -0.25) is 9.59 Å². The van der Waals surface area contributed by atoms with Gasteiger partial charge in [0.05, 0.1) is 33.8 Å². The highest BCUT2D eigenvalue weighted by atomic mass is 35.5. The van der Waals surface area contributed by atoms with Crippen molar-refractivity contribution in [2.75, 3.05) is 29.0 Å². The van der Waals surface area contributed by atoms with Crippen LogP contribution in [0.2, 0.25) is 5.02 Å². The number of carbonyl (C=O) groups is 4. The molecule has 14 nitrogen and oxygen atoms in total. The number of hydrogen-bond acceptors (Lipinski definition) is 8. The first-order chi connectivity index (χ1) is 22.6. The van der Waals surface area contributed by atoms with Crippen molar-refractivity contribution in [3.8, 4) is 5.69 Å². The molecule has 0 unspecified atom stereocenters. The fourth-order valence-corrected chi connectivity index (χ4v) is 5.00. The Hall–Kier alpha value is -5.67. The fourth-order valence-electron chi connectivity index (χ4n) is 4.83. The van der Waals surface area contributed by atoms with Gasteiger partial charge in [-0.15, -0.1) is 5.10 Å². The van der Waals surface area contributed by atoms with E-state index < -0.39 is 29.7 Å². The van der Waals surface area contributed by atoms with Gasteiger partial charge in [0.1, 0.15) is 6.33 Å². The van der Waals surface area contributed by atoms with Crippen molar-refractivity contribution in [2.45, 2.75) is 25.4 Å². The van der Waals surface area contributed by atoms with Crippen molar-refractivity contribution >= 4 is 58.6 Å². The molecule has 47 heavy (non-hydrogen) atoms. The van der Waals surface area contributed by atoms with Crippen molar-refractivity contribution < 1.29 is 33.8 Å². The number of carbonyl (C=O) groups excluding carboxylic acids is 3. The van der Waals surface area contributed by atoms with Gasteiger partial charge in [-0.2, -0.15) is 4.68 Å². The van der Waals surface area contributed by atoms with Gasteiger partial charge in [0.15, 0.2) is 5.82 Å². The number of aromatic nitrogens is 4. The zero-order chi connectivity index (χ0) is 33.5. The van der Waals surface area contributed by atoms with E-state index in [0.717, 1.165) is 17.7 Å². The zero-order valence-corrected chi connectivity index (χ0v) is 25.3. The number of aliphatic hydroxyl groups is 1. The van der Waals surface area contributed by atoms with E-state index in [1.807, 2.05) is 0 Å². The summed E-state index contributed by atoms with van der Waals surface area (Å²) in [6, 6.07) is 13.5. The minimum atomic E-state index is -1.35. The number of aliphatic hydroxyl groups excluding tert-OH is 1. The van der Waals surface area contributed by atoms with Crippen molar-refractivity contribution in [3.05, 3.63) is 94.5 Å². The minimum absolute atomic E-state index is 0.0237. The number of rotatable bonds is 10. The molecule has 5 rings (SSSR count). The average Bonchev–Trinajstić information content (AvgIpc) is 3.74. The lowest BCUT2D eigenvalue weighted by Crippen LogP contribution is -2.33. The van der Waals surface area contributed by atoms with Crippen LogP contribution in [-0.4, -0.2) is 78.3 Å². The summed E-state index contributed by atoms with van der Waals surface area (Å²) < 4.78 is 16.1. The maximum absolute atomic E-state index is 14.9. The van der Waals surface area contributed by atoms with Crippen LogP contribution < -0.4 is 16.0 Å². The number of para-hydroxylation sites is 1. The van der Waals surface area contributed by atoms with Crippen LogP contribution in [0.1, 0.15) is 34.3 Å². The summed E-state index contributed by atoms with van der Waals surface area (Å²) in [5.74, 6) is -3.44. The molecular weight excluding hydrogens is 635 g/mol. The number of hydrogen-bond donors (Lipinski definition) is 5. The molecular formula is C31H28ClFN8O6. The number of aryl methyl sites for hydroxylation is 1. The van der Waals surface area contributed by atoms with Crippen LogP contribution in [0, 0.1) is 5.82 Å². The van der Waals surface area contributed by atoms with Crippen LogP contribution >= 0.6 is 11.6 Å². The lowest BCUT2D eigenvalue weighted by atomic mass is 10.1. The molecule has 1 saturated heterocycles. The molecule has 0 spiro atoms. The van der Waals surface area contributed by atoms with E-state index in [4.69, 9.17) is 11.6 Å². The quantitative estimate of drug-likeness (QED) is 0.156. The number of anilines is 3. The Morgan fingerprint density at radius 2 is 1.83 bits per heavy atom. The Morgan fingerprint density at radius 1 is 1.04 bits per heavy atom. The van der Waals surface area contributed by atoms with E-state index in [2.05, 4.69) is 31.5 Å². The maximum atomic E-state index is 14.9. The maximum Gasteiger partial charge on any atom is 0.337 e. The topological polar surface area (TPSA) is 192 Å². The first-order valence-corrected chi connectivity index (χ1v) is 14.7. The van der Waals surface area contributed by atoms with E-state index in [1.54, 1.807) is 24.3 Å². The van der Waals surface area contributed by atoms with Crippen molar-refractivity contribution in [1.29, 1.82) is 0 Å². The number of amides is 4. The van der Waals surface area contributed by atoms with Crippen LogP contribution in [0.4, 0.5) is 26.2 Å². The summed E-state index contributed by atoms with van der Waals surface area (Å²) in [4.78, 5) is 51.7. The van der Waals surface area contributed by atoms with Gasteiger partial charge >= 0.3 is 12.0 Å². The second-order valence-electron chi connectivity index (χ2n) is 10.5. The molecule has 0 radical (unpaired) electrons. The second kappa shape index (κ2) is 14.6. The number of carboxylic acid groups (broad SMARTS) is 1. The van der Waals surface area contributed by atoms with Gasteiger partial charge in [-0.25, -0.2) is 14.0 Å². The second-order valence-corrected chi connectivity index (χ2v) is 10.9. The summed E-state index contributed by atoms with van der Waals surface area (Å²) >= 11 is 5.93. The molecule has 242 valence electrons. The molecule has 0 saturated carbocycles. The number of nitrogens with zero attached hydrogens (tertiary/aromatic N) is 5. The van der Waals surface area contributed by atoms with Gasteiger partial charge in [0, 0.05) is 36.8 Å². The predicted molar refractivity (Wildman–Crippen MR) is 170 cm³/mol. The normalized spacial score (nSPS) is 14.3. The van der Waals surface area contributed by atoms with Gasteiger partial charge in [-0.05, 0) is 71.3 Å². The number of aromatic carboxylic acids is 1. The molecule has 1 aliphatic rings. The van der Waals surface area contributed by atoms with E-state index >= 15 is 0 Å². The van der Waals surface area contributed by atoms with Crippen LogP contribution in [0.3, 0.4) is 0 Å². The molecule has 0 bridgehead atoms. The van der Waals surface area contributed by atoms with E-state index in [1.165, 1.54) is 46.2 Å². The average molecular weight is 663 g/mol. The number of carboxylic acids is 1. The molecule has 1 aliphatic heterocycles. The highest BCUT2D eigenvalue weighted by molar-refractivity contribution is 6.31. The van der Waals surface area contributed by atoms with Gasteiger partial charge in [-0.1, -0.05) is 29.8 Å². The van der Waals surface area contributed by atoms with E-state index in [9.17, 15) is 33.8 Å². The third-order valence-corrected chi connectivity index (χ3v) is 7.51. The monoisotopic (exact) mass is 662 g/mol. The van der Waals surface area contributed by atoms with Crippen LogP contribution in [0.15, 0.2) is 67.0 Å². The van der Waals surface area contributed by atoms with Crippen molar-refractivity contribution in [2.24, 2.45) is 0 Å². The molecule has 4 amide bonds. The Labute approximate surface area is 271 Å². The smallest absolute Gasteiger partial charge is 0.337 e. The molecule has 1 atom stereocenters. The van der Waals surface area contributed by atoms with Crippen molar-refractivity contribution in [1.82, 2.24) is 25.1 Å². The largest absolute Gasteiger partial charge is 0.478 e. The van der Waals surface area contributed by atoms with Crippen LogP contribution in [-0.2, 0) is 16.0 Å². The molecule has 3 aromatic carbocycles. The third-order valence-electron chi connectivity index (χ3n) is 7.22. The highest BCUT2D eigenvalue weighted by Gasteiger charge is 2.24. The lowest BCUT2D eigenvalue weighted by Gasteiger charge is -2.16. The number of β-amino-alcohol motifs (C(OH)–C–C–N with tert-alkyl or cyclic N) is 1. The molecule has 2 heterocycles. The summed E-state index contributed by atoms with van der Waals surface area (Å²) in [5, 5.41) is 37.8. The zero-order valence-electron chi connectivity index (χ0n) is 24.6. The van der Waals surface area contributed by atoms with Crippen LogP contribution in [0.25, 0.3) is 11.8 Å². The molecule has 5 N–H and O–H groups in total. The molecule has 4 aromatic rings. The number of benzene rings is 3. The summed E-state index contributed by atoms with van der Waals surface area (Å²) in [5.41, 5.74) is 1.07. The number of likely N-dealkylation sites (tertiary alicyclic amines) is 1. The number of urea groups is 1. The summed E-state index contributed by atoms with van der Waals surface area (Å²) in [7, 11) is 0. The predicted octanol–water partition coefficient (Wildman–Crippen LogP) is 3.97. The molecule has 0 aliphatic carbocycles. The van der Waals surface area contributed by atoms with E-state index in [-0.39, 0.29) is 52.2 Å². The Balaban J connectivity index is 1.24. The minimum Gasteiger partial charge on any atom is -0.478 e. The Bertz CT molecular complexity index is 1830. The molecule has 1 aromatic heterocycles. The first-order valence-electron chi connectivity index (χ1n) is 14.3. The third kappa shape index (κ3) is 8.14. The van der Waals surface area contributed by atoms with Crippen LogP contribution in [0.5, 0.6) is 0 Å². The lowest BCUT2D eigenvalue weighted by molar-refractivity contribution is -0.116. The standard InChI is InChI=1S/C31H28ClFN8O6/c32-23-10-11-25(41-17-34-38-39-41)21(28(23)33)9-13-27(44)37-29-22(30(45)46)2-1-3-24(29)36-26(43)12-6-18-4-7-19(8-5-18)35-31(47)40-15-14-20(42)16-40/h1-5,7-11,13,17,20,42H,6,12,14-16H2,(H,35,47)(H,36,43)(H,37,44)(H,45,46)/b13-9+/t20-/m1/s1.